The van der Waals surface area contributed by atoms with E-state index in [2.05, 4.69) is 33.4 Å². The molecular formula is C11H11BrClN. The summed E-state index contributed by atoms with van der Waals surface area (Å²) in [5.74, 6) is 0.455. The lowest BCUT2D eigenvalue weighted by Crippen LogP contribution is -2.16. The number of hydrogen-bond acceptors (Lipinski definition) is 1. The van der Waals surface area contributed by atoms with Gasteiger partial charge in [0.1, 0.15) is 0 Å². The van der Waals surface area contributed by atoms with Crippen molar-refractivity contribution < 1.29 is 0 Å². The Hall–Kier alpha value is -0.470. The van der Waals surface area contributed by atoms with E-state index in [1.165, 1.54) is 5.56 Å². The fourth-order valence-corrected chi connectivity index (χ4v) is 2.48. The van der Waals surface area contributed by atoms with E-state index in [1.54, 1.807) is 0 Å². The molecule has 0 spiro atoms. The second-order valence-electron chi connectivity index (χ2n) is 3.37. The van der Waals surface area contributed by atoms with E-state index in [1.807, 2.05) is 18.3 Å². The van der Waals surface area contributed by atoms with Crippen molar-refractivity contribution in [2.24, 2.45) is 0 Å². The summed E-state index contributed by atoms with van der Waals surface area (Å²) >= 11 is 9.58. The summed E-state index contributed by atoms with van der Waals surface area (Å²) in [7, 11) is 0. The fourth-order valence-electron chi connectivity index (χ4n) is 1.66. The van der Waals surface area contributed by atoms with Crippen LogP contribution in [0.5, 0.6) is 0 Å². The highest BCUT2D eigenvalue weighted by Crippen LogP contribution is 2.31. The Bertz CT molecular complexity index is 362. The van der Waals surface area contributed by atoms with Crippen molar-refractivity contribution in [1.82, 2.24) is 5.32 Å². The maximum atomic E-state index is 6.18. The van der Waals surface area contributed by atoms with Gasteiger partial charge in [0.15, 0.2) is 0 Å². The van der Waals surface area contributed by atoms with Crippen molar-refractivity contribution in [3.8, 4) is 0 Å². The molecule has 0 fully saturated rings. The first-order valence-corrected chi connectivity index (χ1v) is 5.79. The molecule has 2 rings (SSSR count). The summed E-state index contributed by atoms with van der Waals surface area (Å²) in [6.45, 7) is 1.02. The van der Waals surface area contributed by atoms with Crippen LogP contribution in [0.2, 0.25) is 5.02 Å². The van der Waals surface area contributed by atoms with E-state index in [-0.39, 0.29) is 0 Å². The molecule has 0 bridgehead atoms. The van der Waals surface area contributed by atoms with E-state index >= 15 is 0 Å². The van der Waals surface area contributed by atoms with Gasteiger partial charge >= 0.3 is 0 Å². The molecule has 0 aliphatic carbocycles. The molecule has 1 N–H and O–H groups in total. The van der Waals surface area contributed by atoms with Gasteiger partial charge < -0.3 is 5.32 Å². The molecule has 0 saturated carbocycles. The lowest BCUT2D eigenvalue weighted by Gasteiger charge is -2.18. The summed E-state index contributed by atoms with van der Waals surface area (Å²) in [5, 5.41) is 4.03. The lowest BCUT2D eigenvalue weighted by molar-refractivity contribution is 0.657. The van der Waals surface area contributed by atoms with Gasteiger partial charge in [-0.15, -0.1) is 0 Å². The van der Waals surface area contributed by atoms with Gasteiger partial charge in [-0.25, -0.2) is 0 Å². The fraction of sp³-hybridized carbons (Fsp3) is 0.273. The highest BCUT2D eigenvalue weighted by Gasteiger charge is 2.13. The molecule has 1 aromatic carbocycles. The van der Waals surface area contributed by atoms with E-state index in [0.29, 0.717) is 5.92 Å². The smallest absolute Gasteiger partial charge is 0.0455 e. The molecule has 1 heterocycles. The number of hydrogen-bond donors (Lipinski definition) is 1. The third-order valence-corrected chi connectivity index (χ3v) is 3.23. The molecule has 1 unspecified atom stereocenters. The molecule has 0 amide bonds. The van der Waals surface area contributed by atoms with Crippen molar-refractivity contribution in [1.29, 1.82) is 0 Å². The molecule has 1 aliphatic heterocycles. The first-order chi connectivity index (χ1) is 6.77. The Kier molecular flexibility index (Phi) is 3.14. The van der Waals surface area contributed by atoms with Crippen LogP contribution in [0.3, 0.4) is 0 Å². The van der Waals surface area contributed by atoms with E-state index in [4.69, 9.17) is 11.6 Å². The first kappa shape index (κ1) is 10.1. The van der Waals surface area contributed by atoms with Crippen molar-refractivity contribution in [2.75, 3.05) is 6.54 Å². The van der Waals surface area contributed by atoms with Crippen LogP contribution in [0.1, 0.15) is 17.9 Å². The van der Waals surface area contributed by atoms with E-state index in [0.717, 1.165) is 22.5 Å². The SMILES string of the molecule is Clc1cc(Br)ccc1C1C=CNCC1. The monoisotopic (exact) mass is 271 g/mol. The molecular weight excluding hydrogens is 261 g/mol. The van der Waals surface area contributed by atoms with Crippen molar-refractivity contribution in [3.05, 3.63) is 45.5 Å². The van der Waals surface area contributed by atoms with Crippen LogP contribution in [0.15, 0.2) is 34.9 Å². The van der Waals surface area contributed by atoms with Gasteiger partial charge in [0.2, 0.25) is 0 Å². The molecule has 3 heteroatoms. The number of allylic oxidation sites excluding steroid dienone is 1. The average molecular weight is 273 g/mol. The predicted molar refractivity (Wildman–Crippen MR) is 63.7 cm³/mol. The van der Waals surface area contributed by atoms with Crippen molar-refractivity contribution >= 4 is 27.5 Å². The second-order valence-corrected chi connectivity index (χ2v) is 4.70. The maximum Gasteiger partial charge on any atom is 0.0455 e. The van der Waals surface area contributed by atoms with Crippen LogP contribution >= 0.6 is 27.5 Å². The van der Waals surface area contributed by atoms with Crippen LogP contribution in [-0.2, 0) is 0 Å². The van der Waals surface area contributed by atoms with E-state index in [9.17, 15) is 0 Å². The van der Waals surface area contributed by atoms with Crippen LogP contribution in [0, 0.1) is 0 Å². The van der Waals surface area contributed by atoms with Crippen LogP contribution in [0.4, 0.5) is 0 Å². The number of nitrogens with one attached hydrogen (secondary N) is 1. The molecule has 74 valence electrons. The standard InChI is InChI=1S/C11H11BrClN/c12-9-1-2-10(11(13)7-9)8-3-5-14-6-4-8/h1-3,5,7-8,14H,4,6H2. The van der Waals surface area contributed by atoms with Gasteiger partial charge in [0.05, 0.1) is 0 Å². The third-order valence-electron chi connectivity index (χ3n) is 2.41. The van der Waals surface area contributed by atoms with Crippen molar-refractivity contribution in [2.45, 2.75) is 12.3 Å². The minimum Gasteiger partial charge on any atom is -0.391 e. The summed E-state index contributed by atoms with van der Waals surface area (Å²) in [5.41, 5.74) is 1.22. The summed E-state index contributed by atoms with van der Waals surface area (Å²) in [4.78, 5) is 0. The number of rotatable bonds is 1. The van der Waals surface area contributed by atoms with Crippen LogP contribution in [0.25, 0.3) is 0 Å². The number of halogens is 2. The molecule has 1 nitrogen and oxygen atoms in total. The zero-order chi connectivity index (χ0) is 9.97. The number of benzene rings is 1. The molecule has 0 radical (unpaired) electrons. The first-order valence-electron chi connectivity index (χ1n) is 4.62. The Labute approximate surface area is 97.3 Å². The summed E-state index contributed by atoms with van der Waals surface area (Å²) < 4.78 is 1.03. The zero-order valence-electron chi connectivity index (χ0n) is 7.63. The van der Waals surface area contributed by atoms with E-state index < -0.39 is 0 Å². The Morgan fingerprint density at radius 2 is 2.29 bits per heavy atom. The zero-order valence-corrected chi connectivity index (χ0v) is 9.98. The normalized spacial score (nSPS) is 20.6. The second kappa shape index (κ2) is 4.37. The van der Waals surface area contributed by atoms with Gasteiger partial charge in [-0.3, -0.25) is 0 Å². The minimum atomic E-state index is 0.455. The minimum absolute atomic E-state index is 0.455. The van der Waals surface area contributed by atoms with Crippen LogP contribution in [-0.4, -0.2) is 6.54 Å². The Balaban J connectivity index is 2.31. The highest BCUT2D eigenvalue weighted by molar-refractivity contribution is 9.10. The predicted octanol–water partition coefficient (Wildman–Crippen LogP) is 3.69. The van der Waals surface area contributed by atoms with Gasteiger partial charge in [-0.1, -0.05) is 39.7 Å². The molecule has 1 aromatic rings. The quantitative estimate of drug-likeness (QED) is 0.822. The molecule has 0 aromatic heterocycles. The largest absolute Gasteiger partial charge is 0.391 e. The van der Waals surface area contributed by atoms with Gasteiger partial charge in [-0.05, 0) is 30.3 Å². The topological polar surface area (TPSA) is 12.0 Å². The van der Waals surface area contributed by atoms with Gasteiger partial charge in [0, 0.05) is 22.0 Å². The lowest BCUT2D eigenvalue weighted by atomic mass is 9.94. The summed E-state index contributed by atoms with van der Waals surface area (Å²) in [6.07, 6.45) is 5.28. The maximum absolute atomic E-state index is 6.18. The van der Waals surface area contributed by atoms with Gasteiger partial charge in [0.25, 0.3) is 0 Å². The molecule has 1 aliphatic rings. The average Bonchev–Trinajstić information content (AvgIpc) is 2.19. The van der Waals surface area contributed by atoms with Crippen molar-refractivity contribution in [3.63, 3.8) is 0 Å². The summed E-state index contributed by atoms with van der Waals surface area (Å²) in [6, 6.07) is 6.08. The molecule has 0 saturated heterocycles. The molecule has 14 heavy (non-hydrogen) atoms. The van der Waals surface area contributed by atoms with Gasteiger partial charge in [-0.2, -0.15) is 0 Å². The Morgan fingerprint density at radius 3 is 2.93 bits per heavy atom. The molecule has 1 atom stereocenters. The Morgan fingerprint density at radius 1 is 1.43 bits per heavy atom. The van der Waals surface area contributed by atoms with Crippen LogP contribution < -0.4 is 5.32 Å². The highest BCUT2D eigenvalue weighted by atomic mass is 79.9. The third kappa shape index (κ3) is 2.12.